The molecule has 6 nitrogen and oxygen atoms in total. The van der Waals surface area contributed by atoms with Gasteiger partial charge < -0.3 is 15.2 Å². The number of rotatable bonds is 5. The van der Waals surface area contributed by atoms with E-state index < -0.39 is 0 Å². The van der Waals surface area contributed by atoms with E-state index in [1.54, 1.807) is 24.3 Å². The topological polar surface area (TPSA) is 84.2 Å². The van der Waals surface area contributed by atoms with Crippen LogP contribution in [-0.2, 0) is 0 Å². The number of carbonyl (C=O) groups is 2. The third-order valence-electron chi connectivity index (χ3n) is 5.15. The summed E-state index contributed by atoms with van der Waals surface area (Å²) in [7, 11) is 0. The van der Waals surface area contributed by atoms with Crippen molar-refractivity contribution in [3.8, 4) is 0 Å². The van der Waals surface area contributed by atoms with Crippen molar-refractivity contribution in [2.75, 3.05) is 5.32 Å². The quantitative estimate of drug-likeness (QED) is 0.722. The van der Waals surface area contributed by atoms with Crippen molar-refractivity contribution in [1.29, 1.82) is 0 Å². The van der Waals surface area contributed by atoms with Gasteiger partial charge in [0.15, 0.2) is 5.69 Å². The lowest BCUT2D eigenvalue weighted by Gasteiger charge is -2.23. The zero-order valence-electron chi connectivity index (χ0n) is 15.0. The molecular weight excluding hydrogens is 410 g/mol. The average molecular weight is 432 g/mol. The number of hydrogen-bond donors (Lipinski definition) is 2. The monoisotopic (exact) mass is 431 g/mol. The Hall–Kier alpha value is -2.15. The number of nitrogens with zero attached hydrogens (tertiary/aromatic N) is 1. The van der Waals surface area contributed by atoms with Crippen LogP contribution in [0.1, 0.15) is 77.5 Å². The van der Waals surface area contributed by atoms with E-state index in [0.29, 0.717) is 21.6 Å². The summed E-state index contributed by atoms with van der Waals surface area (Å²) in [5, 5.41) is 9.74. The van der Waals surface area contributed by atoms with Gasteiger partial charge in [-0.2, -0.15) is 0 Å². The van der Waals surface area contributed by atoms with Crippen molar-refractivity contribution in [3.63, 3.8) is 0 Å². The molecule has 0 unspecified atom stereocenters. The molecule has 2 fully saturated rings. The van der Waals surface area contributed by atoms with Crippen LogP contribution >= 0.6 is 15.9 Å². The SMILES string of the molecule is O=C(Nc1ccc(C(=O)NC2CCCCC2)c(Br)c1)c1cc(C2CC2)on1. The van der Waals surface area contributed by atoms with E-state index in [4.69, 9.17) is 4.52 Å². The molecule has 1 aromatic carbocycles. The fourth-order valence-electron chi connectivity index (χ4n) is 3.44. The van der Waals surface area contributed by atoms with Gasteiger partial charge in [-0.3, -0.25) is 9.59 Å². The molecule has 0 saturated heterocycles. The number of aromatic nitrogens is 1. The van der Waals surface area contributed by atoms with Gasteiger partial charge in [0, 0.05) is 28.2 Å². The van der Waals surface area contributed by atoms with Crippen LogP contribution in [0.2, 0.25) is 0 Å². The molecule has 7 heteroatoms. The van der Waals surface area contributed by atoms with Crippen LogP contribution in [0.5, 0.6) is 0 Å². The van der Waals surface area contributed by atoms with Crippen LogP contribution in [0.3, 0.4) is 0 Å². The highest BCUT2D eigenvalue weighted by atomic mass is 79.9. The first-order valence-electron chi connectivity index (χ1n) is 9.48. The van der Waals surface area contributed by atoms with E-state index in [-0.39, 0.29) is 23.6 Å². The van der Waals surface area contributed by atoms with Gasteiger partial charge in [0.1, 0.15) is 5.76 Å². The molecule has 0 atom stereocenters. The number of hydrogen-bond acceptors (Lipinski definition) is 4. The summed E-state index contributed by atoms with van der Waals surface area (Å²) in [4.78, 5) is 24.8. The molecule has 2 aromatic rings. The van der Waals surface area contributed by atoms with Gasteiger partial charge in [0.2, 0.25) is 0 Å². The lowest BCUT2D eigenvalue weighted by molar-refractivity contribution is 0.0926. The van der Waals surface area contributed by atoms with Gasteiger partial charge in [-0.05, 0) is 59.8 Å². The predicted octanol–water partition coefficient (Wildman–Crippen LogP) is 4.63. The molecule has 142 valence electrons. The van der Waals surface area contributed by atoms with E-state index in [0.717, 1.165) is 31.4 Å². The number of benzene rings is 1. The maximum atomic E-state index is 12.5. The summed E-state index contributed by atoms with van der Waals surface area (Å²) >= 11 is 3.44. The highest BCUT2D eigenvalue weighted by molar-refractivity contribution is 9.10. The second kappa shape index (κ2) is 7.84. The van der Waals surface area contributed by atoms with Gasteiger partial charge in [-0.25, -0.2) is 0 Å². The van der Waals surface area contributed by atoms with Crippen molar-refractivity contribution in [2.24, 2.45) is 0 Å². The Bertz CT molecular complexity index is 854. The van der Waals surface area contributed by atoms with Crippen molar-refractivity contribution in [2.45, 2.75) is 56.9 Å². The molecule has 2 saturated carbocycles. The van der Waals surface area contributed by atoms with Crippen LogP contribution in [0.15, 0.2) is 33.3 Å². The molecule has 0 bridgehead atoms. The van der Waals surface area contributed by atoms with E-state index in [2.05, 4.69) is 31.7 Å². The van der Waals surface area contributed by atoms with Crippen LogP contribution in [0.4, 0.5) is 5.69 Å². The molecule has 2 amide bonds. The molecule has 2 aliphatic rings. The summed E-state index contributed by atoms with van der Waals surface area (Å²) < 4.78 is 5.87. The predicted molar refractivity (Wildman–Crippen MR) is 105 cm³/mol. The van der Waals surface area contributed by atoms with Crippen LogP contribution in [0.25, 0.3) is 0 Å². The highest BCUT2D eigenvalue weighted by Crippen LogP contribution is 2.40. The maximum absolute atomic E-state index is 12.5. The zero-order chi connectivity index (χ0) is 18.8. The molecule has 27 heavy (non-hydrogen) atoms. The standard InChI is InChI=1S/C20H22BrN3O3/c21-16-10-14(23-20(26)17-11-18(27-24-17)12-6-7-12)8-9-15(16)19(25)22-13-4-2-1-3-5-13/h8-13H,1-7H2,(H,22,25)(H,23,26). The highest BCUT2D eigenvalue weighted by Gasteiger charge is 2.29. The van der Waals surface area contributed by atoms with E-state index in [1.807, 2.05) is 0 Å². The van der Waals surface area contributed by atoms with Crippen molar-refractivity contribution >= 4 is 33.4 Å². The van der Waals surface area contributed by atoms with Gasteiger partial charge in [-0.1, -0.05) is 24.4 Å². The molecule has 4 rings (SSSR count). The van der Waals surface area contributed by atoms with E-state index >= 15 is 0 Å². The molecule has 1 heterocycles. The minimum atomic E-state index is -0.322. The van der Waals surface area contributed by atoms with E-state index in [1.165, 1.54) is 19.3 Å². The molecule has 2 N–H and O–H groups in total. The summed E-state index contributed by atoms with van der Waals surface area (Å²) in [5.74, 6) is 0.778. The Labute approximate surface area is 166 Å². The minimum absolute atomic E-state index is 0.0859. The number of halogens is 1. The first-order valence-corrected chi connectivity index (χ1v) is 10.3. The van der Waals surface area contributed by atoms with Gasteiger partial charge in [0.25, 0.3) is 11.8 Å². The summed E-state index contributed by atoms with van der Waals surface area (Å²) in [6.45, 7) is 0. The molecule has 0 spiro atoms. The molecule has 0 radical (unpaired) electrons. The molecule has 2 aliphatic carbocycles. The second-order valence-corrected chi connectivity index (χ2v) is 8.20. The van der Waals surface area contributed by atoms with Gasteiger partial charge >= 0.3 is 0 Å². The smallest absolute Gasteiger partial charge is 0.277 e. The summed E-state index contributed by atoms with van der Waals surface area (Å²) in [6.07, 6.45) is 7.85. The van der Waals surface area contributed by atoms with Crippen LogP contribution in [0, 0.1) is 0 Å². The number of amides is 2. The summed E-state index contributed by atoms with van der Waals surface area (Å²) in [6, 6.07) is 7.13. The van der Waals surface area contributed by atoms with Crippen LogP contribution < -0.4 is 10.6 Å². The lowest BCUT2D eigenvalue weighted by atomic mass is 9.95. The molecule has 1 aromatic heterocycles. The first kappa shape index (κ1) is 18.2. The maximum Gasteiger partial charge on any atom is 0.277 e. The molecular formula is C20H22BrN3O3. The van der Waals surface area contributed by atoms with Crippen molar-refractivity contribution < 1.29 is 14.1 Å². The first-order chi connectivity index (χ1) is 13.1. The second-order valence-electron chi connectivity index (χ2n) is 7.35. The third-order valence-corrected chi connectivity index (χ3v) is 5.81. The zero-order valence-corrected chi connectivity index (χ0v) is 16.5. The Morgan fingerprint density at radius 1 is 1.04 bits per heavy atom. The minimum Gasteiger partial charge on any atom is -0.360 e. The largest absolute Gasteiger partial charge is 0.360 e. The Morgan fingerprint density at radius 2 is 1.81 bits per heavy atom. The Morgan fingerprint density at radius 3 is 2.52 bits per heavy atom. The summed E-state index contributed by atoms with van der Waals surface area (Å²) in [5.41, 5.74) is 1.43. The number of nitrogens with one attached hydrogen (secondary N) is 2. The van der Waals surface area contributed by atoms with Crippen molar-refractivity contribution in [3.05, 3.63) is 45.8 Å². The lowest BCUT2D eigenvalue weighted by Crippen LogP contribution is -2.36. The van der Waals surface area contributed by atoms with Gasteiger partial charge in [0.05, 0.1) is 5.56 Å². The normalized spacial score (nSPS) is 17.5. The Balaban J connectivity index is 1.39. The number of anilines is 1. The van der Waals surface area contributed by atoms with E-state index in [9.17, 15) is 9.59 Å². The fourth-order valence-corrected chi connectivity index (χ4v) is 4.00. The Kier molecular flexibility index (Phi) is 5.29. The van der Waals surface area contributed by atoms with Gasteiger partial charge in [-0.15, -0.1) is 0 Å². The third kappa shape index (κ3) is 4.40. The molecule has 0 aliphatic heterocycles. The fraction of sp³-hybridized carbons (Fsp3) is 0.450. The average Bonchev–Trinajstić information content (AvgIpc) is 3.39. The number of carbonyl (C=O) groups excluding carboxylic acids is 2. The van der Waals surface area contributed by atoms with Crippen molar-refractivity contribution in [1.82, 2.24) is 10.5 Å². The van der Waals surface area contributed by atoms with Crippen LogP contribution in [-0.4, -0.2) is 23.0 Å².